The molecule has 6 aromatic rings. The Morgan fingerprint density at radius 3 is 2.16 bits per heavy atom. The summed E-state index contributed by atoms with van der Waals surface area (Å²) in [6.07, 6.45) is 0. The van der Waals surface area contributed by atoms with Gasteiger partial charge in [0.25, 0.3) is 5.82 Å². The number of aromatic nitrogens is 2. The fourth-order valence-corrected chi connectivity index (χ4v) is 5.76. The SMILES string of the molecule is Cc1cc2c(cc1-c1n(-c3c(C(C)C)cccc3C(C)C)c3ccccc3[n+]1C)oc1cc(F)ccc12. The molecule has 4 aromatic carbocycles. The lowest BCUT2D eigenvalue weighted by Crippen LogP contribution is -2.30. The van der Waals surface area contributed by atoms with Crippen molar-refractivity contribution in [3.05, 3.63) is 95.3 Å². The number of para-hydroxylation sites is 3. The Morgan fingerprint density at radius 2 is 1.46 bits per heavy atom. The van der Waals surface area contributed by atoms with Crippen LogP contribution < -0.4 is 4.57 Å². The number of hydrogen-bond acceptors (Lipinski definition) is 1. The summed E-state index contributed by atoms with van der Waals surface area (Å²) >= 11 is 0. The summed E-state index contributed by atoms with van der Waals surface area (Å²) in [6, 6.07) is 24.4. The monoisotopic (exact) mass is 491 g/mol. The van der Waals surface area contributed by atoms with Crippen LogP contribution in [0.3, 0.4) is 0 Å². The molecule has 186 valence electrons. The van der Waals surface area contributed by atoms with E-state index in [4.69, 9.17) is 4.42 Å². The van der Waals surface area contributed by atoms with Crippen LogP contribution in [0.5, 0.6) is 0 Å². The Hall–Kier alpha value is -3.92. The number of hydrogen-bond donors (Lipinski definition) is 0. The van der Waals surface area contributed by atoms with Gasteiger partial charge in [-0.2, -0.15) is 4.57 Å². The predicted molar refractivity (Wildman–Crippen MR) is 150 cm³/mol. The molecule has 0 aliphatic rings. The van der Waals surface area contributed by atoms with Gasteiger partial charge in [-0.3, -0.25) is 0 Å². The third-order valence-corrected chi connectivity index (χ3v) is 7.60. The van der Waals surface area contributed by atoms with Gasteiger partial charge in [-0.15, -0.1) is 0 Å². The van der Waals surface area contributed by atoms with E-state index >= 15 is 0 Å². The van der Waals surface area contributed by atoms with Crippen LogP contribution in [0.25, 0.3) is 50.0 Å². The van der Waals surface area contributed by atoms with Gasteiger partial charge in [-0.1, -0.05) is 58.0 Å². The summed E-state index contributed by atoms with van der Waals surface area (Å²) in [5.74, 6) is 1.53. The average Bonchev–Trinajstić information content (AvgIpc) is 3.36. The molecule has 0 spiro atoms. The van der Waals surface area contributed by atoms with E-state index in [-0.39, 0.29) is 5.82 Å². The van der Waals surface area contributed by atoms with Crippen molar-refractivity contribution in [2.24, 2.45) is 7.05 Å². The third kappa shape index (κ3) is 3.58. The van der Waals surface area contributed by atoms with Crippen molar-refractivity contribution < 1.29 is 13.4 Å². The molecule has 0 amide bonds. The zero-order valence-electron chi connectivity index (χ0n) is 22.3. The molecule has 37 heavy (non-hydrogen) atoms. The second-order valence-corrected chi connectivity index (χ2v) is 10.7. The molecule has 0 saturated heterocycles. The first kappa shape index (κ1) is 23.5. The fraction of sp³-hybridized carbons (Fsp3) is 0.242. The van der Waals surface area contributed by atoms with Crippen molar-refractivity contribution in [2.75, 3.05) is 0 Å². The first-order valence-corrected chi connectivity index (χ1v) is 13.0. The largest absolute Gasteiger partial charge is 0.456 e. The number of halogens is 1. The number of aryl methyl sites for hydroxylation is 2. The highest BCUT2D eigenvalue weighted by Gasteiger charge is 2.31. The van der Waals surface area contributed by atoms with Gasteiger partial charge in [-0.05, 0) is 60.7 Å². The van der Waals surface area contributed by atoms with E-state index in [2.05, 4.69) is 105 Å². The number of nitrogens with zero attached hydrogens (tertiary/aromatic N) is 2. The average molecular weight is 492 g/mol. The highest BCUT2D eigenvalue weighted by Crippen LogP contribution is 2.39. The Labute approximate surface area is 216 Å². The Morgan fingerprint density at radius 1 is 0.784 bits per heavy atom. The highest BCUT2D eigenvalue weighted by atomic mass is 19.1. The van der Waals surface area contributed by atoms with Crippen LogP contribution in [0, 0.1) is 12.7 Å². The minimum absolute atomic E-state index is 0.290. The van der Waals surface area contributed by atoms with Gasteiger partial charge in [-0.25, -0.2) is 8.96 Å². The minimum atomic E-state index is -0.290. The molecule has 0 aliphatic heterocycles. The van der Waals surface area contributed by atoms with Crippen LogP contribution in [-0.4, -0.2) is 4.57 Å². The molecule has 0 aliphatic carbocycles. The molecular formula is C33H32FN2O+. The summed E-state index contributed by atoms with van der Waals surface area (Å²) in [7, 11) is 2.14. The van der Waals surface area contributed by atoms with Gasteiger partial charge in [0.15, 0.2) is 11.0 Å². The van der Waals surface area contributed by atoms with Crippen molar-refractivity contribution in [3.63, 3.8) is 0 Å². The van der Waals surface area contributed by atoms with Crippen LogP contribution >= 0.6 is 0 Å². The molecule has 0 saturated carbocycles. The molecule has 0 fully saturated rings. The molecular weight excluding hydrogens is 459 g/mol. The molecule has 6 rings (SSSR count). The van der Waals surface area contributed by atoms with E-state index in [1.54, 1.807) is 6.07 Å². The zero-order chi connectivity index (χ0) is 26.0. The third-order valence-electron chi connectivity index (χ3n) is 7.60. The first-order chi connectivity index (χ1) is 17.8. The van der Waals surface area contributed by atoms with Gasteiger partial charge in [0.05, 0.1) is 12.6 Å². The van der Waals surface area contributed by atoms with E-state index in [9.17, 15) is 4.39 Å². The fourth-order valence-electron chi connectivity index (χ4n) is 5.76. The second-order valence-electron chi connectivity index (χ2n) is 10.7. The highest BCUT2D eigenvalue weighted by molar-refractivity contribution is 6.06. The van der Waals surface area contributed by atoms with Crippen LogP contribution in [0.4, 0.5) is 4.39 Å². The number of rotatable bonds is 4. The molecule has 0 bridgehead atoms. The normalized spacial score (nSPS) is 12.1. The molecule has 0 N–H and O–H groups in total. The molecule has 2 heterocycles. The smallest absolute Gasteiger partial charge is 0.295 e. The van der Waals surface area contributed by atoms with E-state index in [0.29, 0.717) is 17.4 Å². The number of imidazole rings is 1. The summed E-state index contributed by atoms with van der Waals surface area (Å²) in [5, 5.41) is 1.94. The lowest BCUT2D eigenvalue weighted by atomic mass is 9.92. The number of fused-ring (bicyclic) bond motifs is 4. The van der Waals surface area contributed by atoms with Crippen molar-refractivity contribution in [1.29, 1.82) is 0 Å². The quantitative estimate of drug-likeness (QED) is 0.226. The van der Waals surface area contributed by atoms with Crippen LogP contribution in [0.2, 0.25) is 0 Å². The molecule has 4 heteroatoms. The van der Waals surface area contributed by atoms with Gasteiger partial charge in [0.1, 0.15) is 22.7 Å². The van der Waals surface area contributed by atoms with E-state index in [1.807, 2.05) is 0 Å². The van der Waals surface area contributed by atoms with Crippen LogP contribution in [0.15, 0.2) is 77.2 Å². The lowest BCUT2D eigenvalue weighted by molar-refractivity contribution is -0.633. The topological polar surface area (TPSA) is 21.9 Å². The van der Waals surface area contributed by atoms with E-state index < -0.39 is 0 Å². The van der Waals surface area contributed by atoms with Crippen LogP contribution in [0.1, 0.15) is 56.2 Å². The summed E-state index contributed by atoms with van der Waals surface area (Å²) < 4.78 is 24.8. The molecule has 0 atom stereocenters. The van der Waals surface area contributed by atoms with E-state index in [1.165, 1.54) is 34.5 Å². The Balaban J connectivity index is 1.75. The van der Waals surface area contributed by atoms with Gasteiger partial charge >= 0.3 is 0 Å². The first-order valence-electron chi connectivity index (χ1n) is 13.0. The molecule has 0 unspecified atom stereocenters. The summed E-state index contributed by atoms with van der Waals surface area (Å²) in [6.45, 7) is 11.2. The maximum absolute atomic E-state index is 13.9. The summed E-state index contributed by atoms with van der Waals surface area (Å²) in [4.78, 5) is 0. The maximum Gasteiger partial charge on any atom is 0.295 e. The van der Waals surface area contributed by atoms with Crippen molar-refractivity contribution in [1.82, 2.24) is 4.57 Å². The molecule has 3 nitrogen and oxygen atoms in total. The standard InChI is InChI=1S/C33H32FN2O/c1-19(2)23-10-9-11-24(20(3)4)32(23)36-29-13-8-7-12-28(29)35(6)33(36)26-18-31-27(16-21(26)5)25-15-14-22(34)17-30(25)37-31/h7-20H,1-6H3/q+1. The van der Waals surface area contributed by atoms with Gasteiger partial charge < -0.3 is 4.42 Å². The van der Waals surface area contributed by atoms with Crippen molar-refractivity contribution >= 4 is 33.0 Å². The van der Waals surface area contributed by atoms with Crippen molar-refractivity contribution in [2.45, 2.75) is 46.5 Å². The lowest BCUT2D eigenvalue weighted by Gasteiger charge is -2.18. The number of benzene rings is 4. The minimum Gasteiger partial charge on any atom is -0.456 e. The summed E-state index contributed by atoms with van der Waals surface area (Å²) in [5.41, 5.74) is 9.82. The van der Waals surface area contributed by atoms with Crippen LogP contribution in [-0.2, 0) is 7.05 Å². The molecule has 0 radical (unpaired) electrons. The Bertz CT molecular complexity index is 1790. The van der Waals surface area contributed by atoms with E-state index in [0.717, 1.165) is 38.8 Å². The van der Waals surface area contributed by atoms with Crippen molar-refractivity contribution in [3.8, 4) is 17.1 Å². The van der Waals surface area contributed by atoms with Gasteiger partial charge in [0.2, 0.25) is 0 Å². The van der Waals surface area contributed by atoms with Gasteiger partial charge in [0, 0.05) is 28.0 Å². The number of furan rings is 1. The molecule has 2 aromatic heterocycles. The Kier molecular flexibility index (Phi) is 5.45. The second kappa shape index (κ2) is 8.58. The zero-order valence-corrected chi connectivity index (χ0v) is 22.3. The predicted octanol–water partition coefficient (Wildman–Crippen LogP) is 8.72. The maximum atomic E-state index is 13.9.